The lowest BCUT2D eigenvalue weighted by Crippen LogP contribution is -2.57. The van der Waals surface area contributed by atoms with E-state index in [0.29, 0.717) is 24.3 Å². The third-order valence-corrected chi connectivity index (χ3v) is 4.96. The third-order valence-electron chi connectivity index (χ3n) is 4.96. The van der Waals surface area contributed by atoms with Crippen molar-refractivity contribution in [3.63, 3.8) is 0 Å². The predicted molar refractivity (Wildman–Crippen MR) is 114 cm³/mol. The van der Waals surface area contributed by atoms with Gasteiger partial charge in [0.1, 0.15) is 23.4 Å². The smallest absolute Gasteiger partial charge is 0.329 e. The van der Waals surface area contributed by atoms with Gasteiger partial charge < -0.3 is 19.7 Å². The van der Waals surface area contributed by atoms with Gasteiger partial charge in [0.05, 0.1) is 7.11 Å². The molecule has 1 saturated heterocycles. The average molecular weight is 419 g/mol. The summed E-state index contributed by atoms with van der Waals surface area (Å²) < 4.78 is 10.6. The molecular formula is C23H34N2O5. The minimum atomic E-state index is -0.782. The van der Waals surface area contributed by atoms with Crippen LogP contribution in [0.4, 0.5) is 0 Å². The van der Waals surface area contributed by atoms with Crippen molar-refractivity contribution in [1.82, 2.24) is 10.2 Å². The maximum atomic E-state index is 13.4. The quantitative estimate of drug-likeness (QED) is 0.743. The van der Waals surface area contributed by atoms with Gasteiger partial charge in [0.25, 0.3) is 5.91 Å². The van der Waals surface area contributed by atoms with Crippen LogP contribution in [0, 0.1) is 5.41 Å². The predicted octanol–water partition coefficient (Wildman–Crippen LogP) is 3.17. The van der Waals surface area contributed by atoms with E-state index in [1.165, 1.54) is 0 Å². The molecule has 1 aliphatic rings. The summed E-state index contributed by atoms with van der Waals surface area (Å²) in [6, 6.07) is 5.29. The highest BCUT2D eigenvalue weighted by Crippen LogP contribution is 2.27. The van der Waals surface area contributed by atoms with E-state index in [1.807, 2.05) is 20.8 Å². The molecule has 1 aromatic carbocycles. The molecule has 2 amide bonds. The van der Waals surface area contributed by atoms with E-state index in [9.17, 15) is 14.4 Å². The molecule has 1 fully saturated rings. The molecule has 0 bridgehead atoms. The summed E-state index contributed by atoms with van der Waals surface area (Å²) in [5.41, 5.74) is -0.733. The van der Waals surface area contributed by atoms with Gasteiger partial charge in [-0.05, 0) is 63.3 Å². The Bertz CT molecular complexity index is 774. The molecule has 1 unspecified atom stereocenters. The second-order valence-electron chi connectivity index (χ2n) is 9.72. The van der Waals surface area contributed by atoms with Crippen LogP contribution in [0.1, 0.15) is 64.7 Å². The second-order valence-corrected chi connectivity index (χ2v) is 9.72. The molecule has 2 atom stereocenters. The summed E-state index contributed by atoms with van der Waals surface area (Å²) in [6.45, 7) is 11.6. The maximum Gasteiger partial charge on any atom is 0.329 e. The molecule has 30 heavy (non-hydrogen) atoms. The van der Waals surface area contributed by atoms with E-state index >= 15 is 0 Å². The molecule has 0 saturated carbocycles. The summed E-state index contributed by atoms with van der Waals surface area (Å²) in [5, 5.41) is 2.87. The van der Waals surface area contributed by atoms with Crippen molar-refractivity contribution in [1.29, 1.82) is 0 Å². The molecule has 7 heteroatoms. The van der Waals surface area contributed by atoms with Gasteiger partial charge in [-0.3, -0.25) is 9.59 Å². The van der Waals surface area contributed by atoms with E-state index < -0.39 is 29.1 Å². The highest BCUT2D eigenvalue weighted by Gasteiger charge is 2.43. The van der Waals surface area contributed by atoms with Gasteiger partial charge in [0.15, 0.2) is 0 Å². The first-order valence-corrected chi connectivity index (χ1v) is 10.3. The number of ether oxygens (including phenoxy) is 2. The molecule has 1 N–H and O–H groups in total. The van der Waals surface area contributed by atoms with Crippen LogP contribution in [0.5, 0.6) is 5.75 Å². The van der Waals surface area contributed by atoms with Gasteiger partial charge in [-0.15, -0.1) is 0 Å². The molecule has 2 rings (SSSR count). The molecule has 1 aliphatic heterocycles. The lowest BCUT2D eigenvalue weighted by Gasteiger charge is -2.35. The molecule has 7 nitrogen and oxygen atoms in total. The van der Waals surface area contributed by atoms with Crippen molar-refractivity contribution in [2.24, 2.45) is 5.41 Å². The zero-order chi connectivity index (χ0) is 22.7. The molecule has 0 aromatic heterocycles. The van der Waals surface area contributed by atoms with Crippen LogP contribution in [-0.2, 0) is 14.3 Å². The Balaban J connectivity index is 2.20. The van der Waals surface area contributed by atoms with Crippen LogP contribution >= 0.6 is 0 Å². The lowest BCUT2D eigenvalue weighted by molar-refractivity contribution is -0.164. The second kappa shape index (κ2) is 9.06. The maximum absolute atomic E-state index is 13.4. The number of hydrogen-bond acceptors (Lipinski definition) is 5. The Morgan fingerprint density at radius 2 is 1.67 bits per heavy atom. The molecule has 0 spiro atoms. The number of rotatable bonds is 5. The topological polar surface area (TPSA) is 84.9 Å². The van der Waals surface area contributed by atoms with Gasteiger partial charge in [0, 0.05) is 12.1 Å². The minimum absolute atomic E-state index is 0.266. The number of nitrogens with zero attached hydrogens (tertiary/aromatic N) is 1. The van der Waals surface area contributed by atoms with E-state index in [-0.39, 0.29) is 11.8 Å². The lowest BCUT2D eigenvalue weighted by atomic mass is 9.85. The molecule has 0 aliphatic carbocycles. The van der Waals surface area contributed by atoms with E-state index in [0.717, 1.165) is 6.42 Å². The van der Waals surface area contributed by atoms with Crippen LogP contribution < -0.4 is 10.1 Å². The molecular weight excluding hydrogens is 384 g/mol. The summed E-state index contributed by atoms with van der Waals surface area (Å²) in [5.74, 6) is -0.369. The van der Waals surface area contributed by atoms with Crippen LogP contribution in [0.15, 0.2) is 24.3 Å². The van der Waals surface area contributed by atoms with Crippen molar-refractivity contribution in [2.75, 3.05) is 13.7 Å². The van der Waals surface area contributed by atoms with Gasteiger partial charge in [0.2, 0.25) is 5.91 Å². The zero-order valence-electron chi connectivity index (χ0n) is 19.1. The number of carbonyl (C=O) groups is 3. The number of hydrogen-bond donors (Lipinski definition) is 1. The van der Waals surface area contributed by atoms with Gasteiger partial charge in [-0.2, -0.15) is 0 Å². The van der Waals surface area contributed by atoms with Crippen molar-refractivity contribution < 1.29 is 23.9 Å². The molecule has 1 aromatic rings. The third kappa shape index (κ3) is 5.97. The fourth-order valence-electron chi connectivity index (χ4n) is 3.42. The number of carbonyl (C=O) groups excluding carboxylic acids is 3. The Morgan fingerprint density at radius 3 is 2.17 bits per heavy atom. The van der Waals surface area contributed by atoms with Gasteiger partial charge >= 0.3 is 5.97 Å². The normalized spacial score (nSPS) is 18.0. The van der Waals surface area contributed by atoms with E-state index in [4.69, 9.17) is 9.47 Å². The fraction of sp³-hybridized carbons (Fsp3) is 0.609. The Morgan fingerprint density at radius 1 is 1.07 bits per heavy atom. The largest absolute Gasteiger partial charge is 0.497 e. The molecule has 0 radical (unpaired) electrons. The number of esters is 1. The molecule has 1 heterocycles. The van der Waals surface area contributed by atoms with Gasteiger partial charge in [-0.25, -0.2) is 4.79 Å². The first kappa shape index (κ1) is 23.7. The number of methoxy groups -OCH3 is 1. The minimum Gasteiger partial charge on any atom is -0.497 e. The summed E-state index contributed by atoms with van der Waals surface area (Å²) in [4.78, 5) is 40.4. The van der Waals surface area contributed by atoms with Crippen molar-refractivity contribution in [3.05, 3.63) is 29.8 Å². The van der Waals surface area contributed by atoms with Crippen LogP contribution in [0.3, 0.4) is 0 Å². The first-order chi connectivity index (χ1) is 13.8. The summed E-state index contributed by atoms with van der Waals surface area (Å²) >= 11 is 0. The Labute approximate surface area is 179 Å². The van der Waals surface area contributed by atoms with Crippen LogP contribution in [0.25, 0.3) is 0 Å². The number of likely N-dealkylation sites (tertiary alicyclic amines) is 1. The number of amides is 2. The van der Waals surface area contributed by atoms with E-state index in [2.05, 4.69) is 5.32 Å². The zero-order valence-corrected chi connectivity index (χ0v) is 19.1. The molecule has 166 valence electrons. The number of benzene rings is 1. The van der Waals surface area contributed by atoms with Crippen LogP contribution in [0.2, 0.25) is 0 Å². The van der Waals surface area contributed by atoms with Crippen molar-refractivity contribution in [2.45, 2.75) is 72.1 Å². The summed E-state index contributed by atoms with van der Waals surface area (Å²) in [7, 11) is 1.56. The van der Waals surface area contributed by atoms with Gasteiger partial charge in [-0.1, -0.05) is 20.8 Å². The Kier molecular flexibility index (Phi) is 7.16. The Hall–Kier alpha value is -2.57. The average Bonchev–Trinajstić information content (AvgIpc) is 3.13. The SMILES string of the molecule is COc1ccc(C(=O)NC(C(=O)N2CCC[C@H]2C(=O)OC(C)(C)C)C(C)(C)C)cc1. The monoisotopic (exact) mass is 418 g/mol. The van der Waals surface area contributed by atoms with Crippen molar-refractivity contribution in [3.8, 4) is 5.75 Å². The van der Waals surface area contributed by atoms with E-state index in [1.54, 1.807) is 57.0 Å². The highest BCUT2D eigenvalue weighted by atomic mass is 16.6. The standard InChI is InChI=1S/C23H34N2O5/c1-22(2,3)18(24-19(26)15-10-12-16(29-7)13-11-15)20(27)25-14-8-9-17(25)21(28)30-23(4,5)6/h10-13,17-18H,8-9,14H2,1-7H3,(H,24,26)/t17-,18?/m0/s1. The fourth-order valence-corrected chi connectivity index (χ4v) is 3.42. The number of nitrogens with one attached hydrogen (secondary N) is 1. The highest BCUT2D eigenvalue weighted by molar-refractivity contribution is 5.98. The van der Waals surface area contributed by atoms with Crippen LogP contribution in [-0.4, -0.2) is 54.0 Å². The van der Waals surface area contributed by atoms with Crippen molar-refractivity contribution >= 4 is 17.8 Å². The summed E-state index contributed by atoms with van der Waals surface area (Å²) in [6.07, 6.45) is 1.28. The first-order valence-electron chi connectivity index (χ1n) is 10.3.